The Morgan fingerprint density at radius 2 is 1.53 bits per heavy atom. The standard InChI is InChI=1S/C32H47N2/c1-2-5-10-14-18-23-34-26-29-19-15-11-7-4-6-9-13-17-22-33-24-21-32(31(25-29)28-34)30(27-33)20-16-12-8-3-1/h1-2,4,6,9-10,13-14,25-26,28,30,32H,3,5,7-8,11-12,15-24,27H2/q+1/b2-1-,6-4-,13-9+,14-10-/t30-,32-/m1/s1. The second kappa shape index (κ2) is 14.5. The first-order valence-electron chi connectivity index (χ1n) is 14.3. The Hall–Kier alpha value is -1.93. The Bertz CT molecular complexity index is 847. The van der Waals surface area contributed by atoms with Gasteiger partial charge < -0.3 is 4.90 Å². The van der Waals surface area contributed by atoms with Gasteiger partial charge in [0.05, 0.1) is 0 Å². The molecule has 2 heteroatoms. The molecule has 0 radical (unpaired) electrons. The molecule has 6 bridgehead atoms. The molecule has 184 valence electrons. The van der Waals surface area contributed by atoms with Gasteiger partial charge in [0.15, 0.2) is 18.9 Å². The average Bonchev–Trinajstić information content (AvgIpc) is 2.85. The molecule has 0 N–H and O–H groups in total. The van der Waals surface area contributed by atoms with Gasteiger partial charge in [0.1, 0.15) is 0 Å². The third kappa shape index (κ3) is 8.38. The maximum absolute atomic E-state index is 2.75. The van der Waals surface area contributed by atoms with Crippen LogP contribution in [0.1, 0.15) is 94.1 Å². The van der Waals surface area contributed by atoms with E-state index in [-0.39, 0.29) is 0 Å². The molecule has 1 aromatic heterocycles. The van der Waals surface area contributed by atoms with Crippen LogP contribution in [0.25, 0.3) is 0 Å². The van der Waals surface area contributed by atoms with Crippen molar-refractivity contribution in [3.05, 3.63) is 78.2 Å². The Labute approximate surface area is 209 Å². The third-order valence-electron chi connectivity index (χ3n) is 7.93. The summed E-state index contributed by atoms with van der Waals surface area (Å²) in [6.45, 7) is 4.84. The molecule has 4 aliphatic rings. The van der Waals surface area contributed by atoms with Crippen LogP contribution in [0.4, 0.5) is 0 Å². The lowest BCUT2D eigenvalue weighted by Crippen LogP contribution is -2.41. The minimum atomic E-state index is 0.724. The Morgan fingerprint density at radius 1 is 0.706 bits per heavy atom. The van der Waals surface area contributed by atoms with Gasteiger partial charge in [0.2, 0.25) is 0 Å². The molecule has 34 heavy (non-hydrogen) atoms. The first kappa shape index (κ1) is 25.2. The highest BCUT2D eigenvalue weighted by molar-refractivity contribution is 5.21. The van der Waals surface area contributed by atoms with Gasteiger partial charge in [-0.15, -0.1) is 0 Å². The van der Waals surface area contributed by atoms with E-state index in [1.54, 1.807) is 11.1 Å². The molecule has 1 saturated heterocycles. The molecule has 0 amide bonds. The number of aryl methyl sites for hydroxylation is 2. The summed E-state index contributed by atoms with van der Waals surface area (Å²) in [5.41, 5.74) is 3.18. The van der Waals surface area contributed by atoms with Gasteiger partial charge in [-0.05, 0) is 88.7 Å². The number of nitrogens with zero attached hydrogens (tertiary/aromatic N) is 2. The predicted molar refractivity (Wildman–Crippen MR) is 145 cm³/mol. The minimum absolute atomic E-state index is 0.724. The Kier molecular flexibility index (Phi) is 10.7. The van der Waals surface area contributed by atoms with Crippen molar-refractivity contribution in [3.63, 3.8) is 0 Å². The smallest absolute Gasteiger partial charge is 0.172 e. The molecule has 0 aromatic carbocycles. The fourth-order valence-electron chi connectivity index (χ4n) is 6.01. The van der Waals surface area contributed by atoms with Crippen molar-refractivity contribution in [2.24, 2.45) is 5.92 Å². The summed E-state index contributed by atoms with van der Waals surface area (Å²) < 4.78 is 2.52. The van der Waals surface area contributed by atoms with Crippen LogP contribution in [0.2, 0.25) is 0 Å². The quantitative estimate of drug-likeness (QED) is 0.288. The number of hydrogen-bond donors (Lipinski definition) is 0. The fraction of sp³-hybridized carbons (Fsp3) is 0.594. The van der Waals surface area contributed by atoms with Crippen LogP contribution < -0.4 is 4.57 Å². The lowest BCUT2D eigenvalue weighted by atomic mass is 9.78. The zero-order valence-corrected chi connectivity index (χ0v) is 21.4. The molecule has 4 aliphatic heterocycles. The van der Waals surface area contributed by atoms with Crippen LogP contribution in [-0.4, -0.2) is 24.5 Å². The molecule has 0 spiro atoms. The van der Waals surface area contributed by atoms with E-state index in [0.29, 0.717) is 0 Å². The first-order valence-corrected chi connectivity index (χ1v) is 14.3. The second-order valence-electron chi connectivity index (χ2n) is 10.7. The van der Waals surface area contributed by atoms with Crippen molar-refractivity contribution in [1.29, 1.82) is 0 Å². The number of rotatable bonds is 0. The van der Waals surface area contributed by atoms with Crippen molar-refractivity contribution in [2.45, 2.75) is 95.9 Å². The van der Waals surface area contributed by atoms with Gasteiger partial charge in [-0.1, -0.05) is 61.4 Å². The number of allylic oxidation sites excluding steroid dienone is 7. The van der Waals surface area contributed by atoms with Crippen molar-refractivity contribution in [2.75, 3.05) is 19.6 Å². The van der Waals surface area contributed by atoms with Crippen LogP contribution in [-0.2, 0) is 13.0 Å². The van der Waals surface area contributed by atoms with Crippen LogP contribution in [0, 0.1) is 5.92 Å². The van der Waals surface area contributed by atoms with E-state index in [0.717, 1.165) is 31.2 Å². The van der Waals surface area contributed by atoms with Gasteiger partial charge >= 0.3 is 0 Å². The summed E-state index contributed by atoms with van der Waals surface area (Å²) in [5, 5.41) is 0. The van der Waals surface area contributed by atoms with Crippen molar-refractivity contribution < 1.29 is 4.57 Å². The molecule has 5 rings (SSSR count). The maximum atomic E-state index is 2.75. The largest absolute Gasteiger partial charge is 0.303 e. The van der Waals surface area contributed by atoms with Gasteiger partial charge in [-0.25, -0.2) is 4.57 Å². The van der Waals surface area contributed by atoms with E-state index in [1.165, 1.54) is 90.3 Å². The summed E-state index contributed by atoms with van der Waals surface area (Å²) in [4.78, 5) is 2.75. The normalized spacial score (nSPS) is 31.4. The van der Waals surface area contributed by atoms with Crippen LogP contribution >= 0.6 is 0 Å². The van der Waals surface area contributed by atoms with Crippen molar-refractivity contribution >= 4 is 0 Å². The molecule has 1 fully saturated rings. The van der Waals surface area contributed by atoms with E-state index in [1.807, 2.05) is 0 Å². The zero-order chi connectivity index (χ0) is 23.3. The Balaban J connectivity index is 1.59. The van der Waals surface area contributed by atoms with E-state index >= 15 is 0 Å². The topological polar surface area (TPSA) is 7.12 Å². The van der Waals surface area contributed by atoms with Gasteiger partial charge in [-0.3, -0.25) is 0 Å². The number of piperidine rings is 1. The van der Waals surface area contributed by atoms with Crippen molar-refractivity contribution in [3.8, 4) is 0 Å². The Morgan fingerprint density at radius 3 is 2.47 bits per heavy atom. The molecule has 3 atom stereocenters. The summed E-state index contributed by atoms with van der Waals surface area (Å²) in [6, 6.07) is 2.59. The lowest BCUT2D eigenvalue weighted by molar-refractivity contribution is -0.697. The summed E-state index contributed by atoms with van der Waals surface area (Å²) >= 11 is 0. The fourth-order valence-corrected chi connectivity index (χ4v) is 6.01. The van der Waals surface area contributed by atoms with E-state index in [2.05, 4.69) is 76.5 Å². The second-order valence-corrected chi connectivity index (χ2v) is 10.7. The summed E-state index contributed by atoms with van der Waals surface area (Å²) in [7, 11) is 0. The van der Waals surface area contributed by atoms with Gasteiger partial charge in [0, 0.05) is 30.6 Å². The first-order chi connectivity index (χ1) is 16.9. The minimum Gasteiger partial charge on any atom is -0.303 e. The van der Waals surface area contributed by atoms with E-state index in [4.69, 9.17) is 0 Å². The predicted octanol–water partition coefficient (Wildman–Crippen LogP) is 7.47. The number of aromatic nitrogens is 1. The van der Waals surface area contributed by atoms with Crippen LogP contribution in [0.5, 0.6) is 0 Å². The highest BCUT2D eigenvalue weighted by atomic mass is 15.1. The molecule has 0 saturated carbocycles. The van der Waals surface area contributed by atoms with E-state index < -0.39 is 0 Å². The van der Waals surface area contributed by atoms with Crippen molar-refractivity contribution in [1.82, 2.24) is 4.90 Å². The molecule has 0 aliphatic carbocycles. The van der Waals surface area contributed by atoms with Gasteiger partial charge in [0.25, 0.3) is 0 Å². The van der Waals surface area contributed by atoms with Gasteiger partial charge in [-0.2, -0.15) is 0 Å². The highest BCUT2D eigenvalue weighted by Crippen LogP contribution is 2.36. The molecule has 1 unspecified atom stereocenters. The molecule has 2 nitrogen and oxygen atoms in total. The number of fused-ring (bicyclic) bond motifs is 9. The number of hydrogen-bond acceptors (Lipinski definition) is 1. The maximum Gasteiger partial charge on any atom is 0.172 e. The third-order valence-corrected chi connectivity index (χ3v) is 7.93. The lowest BCUT2D eigenvalue weighted by Gasteiger charge is -2.38. The molecular weight excluding hydrogens is 412 g/mol. The molecule has 5 heterocycles. The molecule has 1 aromatic rings. The SMILES string of the molecule is C1=C\CCCCc2cc3c[n+](c2)CC/C=C\C/C=C\CCCCC[C@@H]2CN(CC/C=C/1)CC[C@@H]32. The highest BCUT2D eigenvalue weighted by Gasteiger charge is 2.31. The summed E-state index contributed by atoms with van der Waals surface area (Å²) in [6.07, 6.45) is 40.1. The summed E-state index contributed by atoms with van der Waals surface area (Å²) in [5.74, 6) is 1.52. The average molecular weight is 460 g/mol. The zero-order valence-electron chi connectivity index (χ0n) is 21.4. The van der Waals surface area contributed by atoms with E-state index in [9.17, 15) is 0 Å². The van der Waals surface area contributed by atoms with Crippen LogP contribution in [0.15, 0.2) is 67.1 Å². The number of pyridine rings is 1. The monoisotopic (exact) mass is 459 g/mol. The molecular formula is C32H47N2+. The van der Waals surface area contributed by atoms with Crippen LogP contribution in [0.3, 0.4) is 0 Å².